The van der Waals surface area contributed by atoms with Crippen LogP contribution in [0.2, 0.25) is 5.02 Å². The monoisotopic (exact) mass is 228 g/mol. The average Bonchev–Trinajstić information content (AvgIpc) is 2.23. The molecule has 1 atom stereocenters. The number of benzene rings is 1. The lowest BCUT2D eigenvalue weighted by Crippen LogP contribution is -2.36. The molecule has 3 N–H and O–H groups in total. The molecule has 15 heavy (non-hydrogen) atoms. The van der Waals surface area contributed by atoms with Gasteiger partial charge in [-0.2, -0.15) is 0 Å². The van der Waals surface area contributed by atoms with Gasteiger partial charge in [-0.1, -0.05) is 23.7 Å². The maximum atomic E-state index is 12.9. The number of nitrogens with one attached hydrogen (secondary N) is 1. The predicted molar refractivity (Wildman–Crippen MR) is 61.0 cm³/mol. The number of hydrazine groups is 1. The topological polar surface area (TPSA) is 38.0 Å². The summed E-state index contributed by atoms with van der Waals surface area (Å²) in [5.41, 5.74) is 3.63. The van der Waals surface area contributed by atoms with Crippen LogP contribution in [0.4, 0.5) is 4.39 Å². The highest BCUT2D eigenvalue weighted by atomic mass is 35.5. The summed E-state index contributed by atoms with van der Waals surface area (Å²) in [5, 5.41) is 0.141. The van der Waals surface area contributed by atoms with Crippen molar-refractivity contribution in [2.75, 3.05) is 0 Å². The van der Waals surface area contributed by atoms with Crippen molar-refractivity contribution in [2.45, 2.75) is 18.9 Å². The number of halogens is 2. The van der Waals surface area contributed by atoms with E-state index in [4.69, 9.17) is 17.4 Å². The second-order valence-electron chi connectivity index (χ2n) is 3.34. The highest BCUT2D eigenvalue weighted by molar-refractivity contribution is 6.30. The standard InChI is InChI=1S/C11H14ClFN2/c1-2-3-9(15-14)6-8-4-5-11(13)10(12)7-8/h2,4-5,7,9,15H,1,3,6,14H2. The lowest BCUT2D eigenvalue weighted by atomic mass is 10.0. The first-order chi connectivity index (χ1) is 7.17. The van der Waals surface area contributed by atoms with Crippen LogP contribution < -0.4 is 11.3 Å². The van der Waals surface area contributed by atoms with Crippen LogP contribution >= 0.6 is 11.6 Å². The Labute approximate surface area is 93.9 Å². The second kappa shape index (κ2) is 5.85. The Balaban J connectivity index is 2.70. The number of hydrogen-bond donors (Lipinski definition) is 2. The summed E-state index contributed by atoms with van der Waals surface area (Å²) in [4.78, 5) is 0. The molecule has 0 spiro atoms. The molecule has 1 unspecified atom stereocenters. The molecule has 1 rings (SSSR count). The molecule has 0 aromatic heterocycles. The zero-order chi connectivity index (χ0) is 11.3. The molecule has 0 aliphatic carbocycles. The van der Waals surface area contributed by atoms with Gasteiger partial charge in [0, 0.05) is 6.04 Å². The maximum absolute atomic E-state index is 12.9. The SMILES string of the molecule is C=CCC(Cc1ccc(F)c(Cl)c1)NN. The Hall–Kier alpha value is -0.900. The minimum atomic E-state index is -0.401. The minimum absolute atomic E-state index is 0.101. The first kappa shape index (κ1) is 12.2. The van der Waals surface area contributed by atoms with Gasteiger partial charge in [-0.05, 0) is 30.5 Å². The Kier molecular flexibility index (Phi) is 4.75. The third kappa shape index (κ3) is 3.63. The van der Waals surface area contributed by atoms with Gasteiger partial charge in [-0.15, -0.1) is 6.58 Å². The van der Waals surface area contributed by atoms with Crippen LogP contribution in [0.15, 0.2) is 30.9 Å². The molecular weight excluding hydrogens is 215 g/mol. The van der Waals surface area contributed by atoms with Crippen molar-refractivity contribution in [3.63, 3.8) is 0 Å². The summed E-state index contributed by atoms with van der Waals surface area (Å²) >= 11 is 5.67. The lowest BCUT2D eigenvalue weighted by Gasteiger charge is -2.13. The fraction of sp³-hybridized carbons (Fsp3) is 0.273. The molecule has 0 heterocycles. The molecule has 4 heteroatoms. The Morgan fingerprint density at radius 2 is 2.33 bits per heavy atom. The van der Waals surface area contributed by atoms with Crippen LogP contribution in [-0.2, 0) is 6.42 Å². The molecule has 0 fully saturated rings. The summed E-state index contributed by atoms with van der Waals surface area (Å²) in [6.07, 6.45) is 3.24. The van der Waals surface area contributed by atoms with E-state index >= 15 is 0 Å². The van der Waals surface area contributed by atoms with Crippen LogP contribution in [0, 0.1) is 5.82 Å². The second-order valence-corrected chi connectivity index (χ2v) is 3.75. The van der Waals surface area contributed by atoms with Crippen LogP contribution in [0.3, 0.4) is 0 Å². The summed E-state index contributed by atoms with van der Waals surface area (Å²) in [6, 6.07) is 4.78. The van der Waals surface area contributed by atoms with Gasteiger partial charge in [-0.3, -0.25) is 11.3 Å². The smallest absolute Gasteiger partial charge is 0.141 e. The van der Waals surface area contributed by atoms with Crippen molar-refractivity contribution >= 4 is 11.6 Å². The van der Waals surface area contributed by atoms with Crippen molar-refractivity contribution in [2.24, 2.45) is 5.84 Å². The summed E-state index contributed by atoms with van der Waals surface area (Å²) in [6.45, 7) is 3.64. The molecule has 1 aromatic carbocycles. The van der Waals surface area contributed by atoms with Gasteiger partial charge in [-0.25, -0.2) is 4.39 Å². The normalized spacial score (nSPS) is 12.5. The summed E-state index contributed by atoms with van der Waals surface area (Å²) in [5.74, 6) is 4.97. The van der Waals surface area contributed by atoms with E-state index in [0.29, 0.717) is 6.42 Å². The van der Waals surface area contributed by atoms with Crippen LogP contribution in [-0.4, -0.2) is 6.04 Å². The van der Waals surface area contributed by atoms with Crippen molar-refractivity contribution in [3.8, 4) is 0 Å². The van der Waals surface area contributed by atoms with E-state index < -0.39 is 5.82 Å². The molecule has 0 aliphatic heterocycles. The van der Waals surface area contributed by atoms with E-state index in [1.54, 1.807) is 18.2 Å². The van der Waals surface area contributed by atoms with E-state index in [2.05, 4.69) is 12.0 Å². The van der Waals surface area contributed by atoms with Gasteiger partial charge < -0.3 is 0 Å². The maximum Gasteiger partial charge on any atom is 0.141 e. The van der Waals surface area contributed by atoms with Crippen LogP contribution in [0.5, 0.6) is 0 Å². The fourth-order valence-electron chi connectivity index (χ4n) is 1.36. The third-order valence-electron chi connectivity index (χ3n) is 2.15. The molecule has 0 aliphatic rings. The highest BCUT2D eigenvalue weighted by Gasteiger charge is 2.07. The molecule has 0 saturated carbocycles. The minimum Gasteiger partial charge on any atom is -0.271 e. The van der Waals surface area contributed by atoms with Crippen LogP contribution in [0.25, 0.3) is 0 Å². The van der Waals surface area contributed by atoms with Crippen molar-refractivity contribution < 1.29 is 4.39 Å². The van der Waals surface area contributed by atoms with Gasteiger partial charge in [0.1, 0.15) is 5.82 Å². The molecule has 0 bridgehead atoms. The largest absolute Gasteiger partial charge is 0.271 e. The number of rotatable bonds is 5. The predicted octanol–water partition coefficient (Wildman–Crippen LogP) is 2.43. The van der Waals surface area contributed by atoms with E-state index in [-0.39, 0.29) is 11.1 Å². The van der Waals surface area contributed by atoms with Crippen LogP contribution in [0.1, 0.15) is 12.0 Å². The Morgan fingerprint density at radius 1 is 1.60 bits per heavy atom. The van der Waals surface area contributed by atoms with Gasteiger partial charge in [0.25, 0.3) is 0 Å². The van der Waals surface area contributed by atoms with Crippen molar-refractivity contribution in [1.82, 2.24) is 5.43 Å². The summed E-state index contributed by atoms with van der Waals surface area (Å²) < 4.78 is 12.9. The molecule has 82 valence electrons. The van der Waals surface area contributed by atoms with Gasteiger partial charge in [0.05, 0.1) is 5.02 Å². The number of hydrogen-bond acceptors (Lipinski definition) is 2. The van der Waals surface area contributed by atoms with E-state index in [0.717, 1.165) is 12.0 Å². The molecule has 2 nitrogen and oxygen atoms in total. The number of nitrogens with two attached hydrogens (primary N) is 1. The molecule has 0 saturated heterocycles. The fourth-order valence-corrected chi connectivity index (χ4v) is 1.57. The average molecular weight is 229 g/mol. The lowest BCUT2D eigenvalue weighted by molar-refractivity contribution is 0.530. The van der Waals surface area contributed by atoms with Gasteiger partial charge in [0.15, 0.2) is 0 Å². The molecule has 1 aromatic rings. The van der Waals surface area contributed by atoms with E-state index in [1.165, 1.54) is 6.07 Å². The molecule has 0 radical (unpaired) electrons. The molecular formula is C11H14ClFN2. The zero-order valence-electron chi connectivity index (χ0n) is 8.34. The summed E-state index contributed by atoms with van der Waals surface area (Å²) in [7, 11) is 0. The van der Waals surface area contributed by atoms with E-state index in [9.17, 15) is 4.39 Å². The van der Waals surface area contributed by atoms with Gasteiger partial charge in [0.2, 0.25) is 0 Å². The quantitative estimate of drug-likeness (QED) is 0.462. The Morgan fingerprint density at radius 3 is 2.87 bits per heavy atom. The zero-order valence-corrected chi connectivity index (χ0v) is 9.10. The molecule has 0 amide bonds. The Bertz CT molecular complexity index is 341. The van der Waals surface area contributed by atoms with E-state index in [1.807, 2.05) is 0 Å². The first-order valence-corrected chi connectivity index (χ1v) is 5.06. The van der Waals surface area contributed by atoms with Crippen molar-refractivity contribution in [1.29, 1.82) is 0 Å². The first-order valence-electron chi connectivity index (χ1n) is 4.68. The van der Waals surface area contributed by atoms with Gasteiger partial charge >= 0.3 is 0 Å². The highest BCUT2D eigenvalue weighted by Crippen LogP contribution is 2.17. The van der Waals surface area contributed by atoms with Crippen molar-refractivity contribution in [3.05, 3.63) is 47.3 Å². The third-order valence-corrected chi connectivity index (χ3v) is 2.44.